The number of fused-ring (bicyclic) bond motifs is 1. The highest BCUT2D eigenvalue weighted by atomic mass is 35.5. The molecule has 0 unspecified atom stereocenters. The van der Waals surface area contributed by atoms with Crippen molar-refractivity contribution in [2.24, 2.45) is 0 Å². The number of pyridine rings is 1. The number of aromatic nitrogens is 3. The first kappa shape index (κ1) is 23.5. The normalized spacial score (nSPS) is 14.6. The molecule has 35 heavy (non-hydrogen) atoms. The summed E-state index contributed by atoms with van der Waals surface area (Å²) in [5, 5.41) is 5.72. The molecule has 2 aromatic heterocycles. The van der Waals surface area contributed by atoms with Crippen LogP contribution in [0, 0.1) is 12.7 Å². The summed E-state index contributed by atoms with van der Waals surface area (Å²) < 4.78 is 16.1. The zero-order chi connectivity index (χ0) is 24.5. The molecule has 1 aliphatic heterocycles. The van der Waals surface area contributed by atoms with Crippen LogP contribution in [0.15, 0.2) is 54.7 Å². The van der Waals surface area contributed by atoms with Gasteiger partial charge in [0.1, 0.15) is 5.82 Å². The fourth-order valence-electron chi connectivity index (χ4n) is 4.69. The molecule has 5 rings (SSSR count). The van der Waals surface area contributed by atoms with Gasteiger partial charge in [0.25, 0.3) is 5.91 Å². The standard InChI is InChI=1S/C27H27ClFN5O/c1-3-34-18(2)21(16-30-34)26-15-20(19-7-4-5-10-25(19)31-26)27(35)33-13-11-32(12-14-33)17-22-23(28)8-6-9-24(22)29/h4-10,15-16H,3,11-14,17H2,1-2H3. The summed E-state index contributed by atoms with van der Waals surface area (Å²) >= 11 is 6.21. The first-order valence-corrected chi connectivity index (χ1v) is 12.2. The molecule has 6 nitrogen and oxygen atoms in total. The second-order valence-corrected chi connectivity index (χ2v) is 9.21. The summed E-state index contributed by atoms with van der Waals surface area (Å²) in [6.45, 7) is 7.68. The van der Waals surface area contributed by atoms with Gasteiger partial charge in [-0.25, -0.2) is 9.37 Å². The second-order valence-electron chi connectivity index (χ2n) is 8.80. The van der Waals surface area contributed by atoms with Crippen molar-refractivity contribution >= 4 is 28.4 Å². The molecule has 0 saturated carbocycles. The lowest BCUT2D eigenvalue weighted by molar-refractivity contribution is 0.0629. The van der Waals surface area contributed by atoms with Crippen LogP contribution in [0.4, 0.5) is 4.39 Å². The van der Waals surface area contributed by atoms with Crippen LogP contribution in [0.2, 0.25) is 5.02 Å². The molecule has 180 valence electrons. The third kappa shape index (κ3) is 4.54. The SMILES string of the molecule is CCn1ncc(-c2cc(C(=O)N3CCN(Cc4c(F)cccc4Cl)CC3)c3ccccc3n2)c1C. The van der Waals surface area contributed by atoms with Crippen LogP contribution in [0.1, 0.15) is 28.5 Å². The minimum atomic E-state index is -0.298. The van der Waals surface area contributed by atoms with Crippen molar-refractivity contribution in [2.45, 2.75) is 26.9 Å². The number of piperazine rings is 1. The summed E-state index contributed by atoms with van der Waals surface area (Å²) in [4.78, 5) is 22.5. The molecule has 0 bridgehead atoms. The van der Waals surface area contributed by atoms with Gasteiger partial charge >= 0.3 is 0 Å². The Hall–Kier alpha value is -3.29. The number of nitrogens with zero attached hydrogens (tertiary/aromatic N) is 5. The highest BCUT2D eigenvalue weighted by Gasteiger charge is 2.25. The Morgan fingerprint density at radius 1 is 1.09 bits per heavy atom. The van der Waals surface area contributed by atoms with Crippen molar-refractivity contribution in [1.82, 2.24) is 24.6 Å². The average molecular weight is 492 g/mol. The molecule has 1 amide bonds. The maximum Gasteiger partial charge on any atom is 0.254 e. The van der Waals surface area contributed by atoms with Gasteiger partial charge < -0.3 is 4.90 Å². The minimum Gasteiger partial charge on any atom is -0.336 e. The number of amides is 1. The van der Waals surface area contributed by atoms with Crippen molar-refractivity contribution in [3.05, 3.63) is 82.4 Å². The van der Waals surface area contributed by atoms with Gasteiger partial charge in [-0.1, -0.05) is 35.9 Å². The Bertz CT molecular complexity index is 1370. The lowest BCUT2D eigenvalue weighted by atomic mass is 10.0. The predicted octanol–water partition coefficient (Wildman–Crippen LogP) is 5.18. The number of hydrogen-bond acceptors (Lipinski definition) is 4. The number of aryl methyl sites for hydroxylation is 1. The van der Waals surface area contributed by atoms with E-state index in [0.29, 0.717) is 48.9 Å². The lowest BCUT2D eigenvalue weighted by Gasteiger charge is -2.35. The van der Waals surface area contributed by atoms with E-state index in [2.05, 4.69) is 10.00 Å². The molecule has 4 aromatic rings. The van der Waals surface area contributed by atoms with E-state index in [9.17, 15) is 9.18 Å². The third-order valence-corrected chi connectivity index (χ3v) is 7.08. The van der Waals surface area contributed by atoms with Crippen LogP contribution in [-0.4, -0.2) is 56.7 Å². The Balaban J connectivity index is 1.39. The van der Waals surface area contributed by atoms with E-state index in [0.717, 1.165) is 34.4 Å². The van der Waals surface area contributed by atoms with E-state index in [1.807, 2.05) is 60.0 Å². The molecular formula is C27H27ClFN5O. The van der Waals surface area contributed by atoms with Gasteiger partial charge in [0, 0.05) is 66.5 Å². The fourth-order valence-corrected chi connectivity index (χ4v) is 4.92. The minimum absolute atomic E-state index is 0.0195. The third-order valence-electron chi connectivity index (χ3n) is 6.73. The summed E-state index contributed by atoms with van der Waals surface area (Å²) in [7, 11) is 0. The van der Waals surface area contributed by atoms with Gasteiger partial charge in [0.05, 0.1) is 23.0 Å². The maximum atomic E-state index is 14.2. The molecule has 2 aromatic carbocycles. The van der Waals surface area contributed by atoms with Crippen molar-refractivity contribution in [3.8, 4) is 11.3 Å². The van der Waals surface area contributed by atoms with Gasteiger partial charge in [-0.3, -0.25) is 14.4 Å². The first-order valence-electron chi connectivity index (χ1n) is 11.8. The molecule has 0 N–H and O–H groups in total. The van der Waals surface area contributed by atoms with E-state index in [4.69, 9.17) is 16.6 Å². The van der Waals surface area contributed by atoms with E-state index >= 15 is 0 Å². The Kier molecular flexibility index (Phi) is 6.54. The lowest BCUT2D eigenvalue weighted by Crippen LogP contribution is -2.48. The molecule has 3 heterocycles. The number of para-hydroxylation sites is 1. The topological polar surface area (TPSA) is 54.3 Å². The molecule has 0 radical (unpaired) electrons. The van der Waals surface area contributed by atoms with Crippen LogP contribution in [0.3, 0.4) is 0 Å². The molecule has 1 fully saturated rings. The van der Waals surface area contributed by atoms with Crippen LogP contribution >= 0.6 is 11.6 Å². The Labute approximate surface area is 208 Å². The number of halogens is 2. The van der Waals surface area contributed by atoms with Crippen molar-refractivity contribution in [2.75, 3.05) is 26.2 Å². The van der Waals surface area contributed by atoms with Crippen LogP contribution in [-0.2, 0) is 13.1 Å². The smallest absolute Gasteiger partial charge is 0.254 e. The summed E-state index contributed by atoms with van der Waals surface area (Å²) in [5.41, 5.74) is 4.62. The van der Waals surface area contributed by atoms with Crippen LogP contribution in [0.25, 0.3) is 22.2 Å². The molecule has 1 saturated heterocycles. The quantitative estimate of drug-likeness (QED) is 0.386. The van der Waals surface area contributed by atoms with Crippen LogP contribution < -0.4 is 0 Å². The van der Waals surface area contributed by atoms with Gasteiger partial charge in [-0.05, 0) is 38.1 Å². The fraction of sp³-hybridized carbons (Fsp3) is 0.296. The van der Waals surface area contributed by atoms with E-state index in [-0.39, 0.29) is 11.7 Å². The zero-order valence-electron chi connectivity index (χ0n) is 19.8. The average Bonchev–Trinajstić information content (AvgIpc) is 3.26. The molecule has 0 atom stereocenters. The second kappa shape index (κ2) is 9.76. The van der Waals surface area contributed by atoms with Gasteiger partial charge in [0.2, 0.25) is 0 Å². The van der Waals surface area contributed by atoms with Gasteiger partial charge in [-0.15, -0.1) is 0 Å². The van der Waals surface area contributed by atoms with Crippen molar-refractivity contribution in [1.29, 1.82) is 0 Å². The van der Waals surface area contributed by atoms with E-state index in [1.165, 1.54) is 6.07 Å². The maximum absolute atomic E-state index is 14.2. The van der Waals surface area contributed by atoms with Crippen LogP contribution in [0.5, 0.6) is 0 Å². The number of hydrogen-bond donors (Lipinski definition) is 0. The van der Waals surface area contributed by atoms with Gasteiger partial charge in [-0.2, -0.15) is 5.10 Å². The van der Waals surface area contributed by atoms with Crippen molar-refractivity contribution in [3.63, 3.8) is 0 Å². The van der Waals surface area contributed by atoms with E-state index in [1.54, 1.807) is 12.1 Å². The summed E-state index contributed by atoms with van der Waals surface area (Å²) in [5.74, 6) is -0.317. The first-order chi connectivity index (χ1) is 17.0. The number of benzene rings is 2. The van der Waals surface area contributed by atoms with Crippen molar-refractivity contribution < 1.29 is 9.18 Å². The Morgan fingerprint density at radius 3 is 2.57 bits per heavy atom. The monoisotopic (exact) mass is 491 g/mol. The largest absolute Gasteiger partial charge is 0.336 e. The van der Waals surface area contributed by atoms with E-state index < -0.39 is 0 Å². The molecule has 0 spiro atoms. The number of carbonyl (C=O) groups is 1. The molecule has 1 aliphatic rings. The molecule has 8 heteroatoms. The highest BCUT2D eigenvalue weighted by Crippen LogP contribution is 2.28. The summed E-state index contributed by atoms with van der Waals surface area (Å²) in [6, 6.07) is 14.4. The number of rotatable bonds is 5. The summed E-state index contributed by atoms with van der Waals surface area (Å²) in [6.07, 6.45) is 1.82. The highest BCUT2D eigenvalue weighted by molar-refractivity contribution is 6.31. The zero-order valence-corrected chi connectivity index (χ0v) is 20.6. The van der Waals surface area contributed by atoms with Gasteiger partial charge in [0.15, 0.2) is 0 Å². The Morgan fingerprint density at radius 2 is 1.86 bits per heavy atom. The molecular weight excluding hydrogens is 465 g/mol. The molecule has 0 aliphatic carbocycles. The predicted molar refractivity (Wildman–Crippen MR) is 136 cm³/mol. The number of carbonyl (C=O) groups excluding carboxylic acids is 1.